The van der Waals surface area contributed by atoms with Gasteiger partial charge in [-0.2, -0.15) is 0 Å². The maximum absolute atomic E-state index is 13.3. The first-order valence-electron chi connectivity index (χ1n) is 12.3. The van der Waals surface area contributed by atoms with E-state index in [0.717, 1.165) is 26.7 Å². The van der Waals surface area contributed by atoms with E-state index in [1.165, 1.54) is 17.8 Å². The van der Waals surface area contributed by atoms with Crippen molar-refractivity contribution in [1.82, 2.24) is 4.57 Å². The molecule has 0 fully saturated rings. The monoisotopic (exact) mass is 530 g/mol. The molecule has 5 aromatic carbocycles. The number of carbonyl (C=O) groups is 3. The molecule has 0 aliphatic carbocycles. The average Bonchev–Trinajstić information content (AvgIpc) is 3.30. The molecule has 0 radical (unpaired) electrons. The number of nitrogens with zero attached hydrogens (tertiary/aromatic N) is 1. The Bertz CT molecular complexity index is 1850. The van der Waals surface area contributed by atoms with Crippen LogP contribution >= 0.6 is 11.8 Å². The van der Waals surface area contributed by atoms with Gasteiger partial charge in [0.15, 0.2) is 0 Å². The fourth-order valence-electron chi connectivity index (χ4n) is 4.94. The molecule has 0 unspecified atom stereocenters. The Balaban J connectivity index is 1.18. The summed E-state index contributed by atoms with van der Waals surface area (Å²) in [5.41, 5.74) is 2.73. The standard InChI is InChI=1S/C32H22N2O4S/c35-29(34-27-13-3-1-9-23(27)24-10-2-4-14-28(24)34)19-39-22-17-15-21(16-18-22)33-31(36)25-11-5-7-20-8-6-12-26(30(20)25)32(37)38/h1-18H,19H2,(H,33,36)(H,37,38). The lowest BCUT2D eigenvalue weighted by molar-refractivity contribution is 0.0698. The first kappa shape index (κ1) is 24.5. The van der Waals surface area contributed by atoms with Crippen molar-refractivity contribution in [2.24, 2.45) is 0 Å². The number of thioether (sulfide) groups is 1. The van der Waals surface area contributed by atoms with Gasteiger partial charge in [0.25, 0.3) is 5.91 Å². The Morgan fingerprint density at radius 2 is 1.28 bits per heavy atom. The quantitative estimate of drug-likeness (QED) is 0.220. The number of benzene rings is 5. The molecule has 0 bridgehead atoms. The van der Waals surface area contributed by atoms with Crippen molar-refractivity contribution >= 4 is 67.8 Å². The molecule has 7 heteroatoms. The minimum Gasteiger partial charge on any atom is -0.478 e. The van der Waals surface area contributed by atoms with Crippen LogP contribution < -0.4 is 5.32 Å². The summed E-state index contributed by atoms with van der Waals surface area (Å²) in [4.78, 5) is 39.0. The Kier molecular flexibility index (Phi) is 6.34. The summed E-state index contributed by atoms with van der Waals surface area (Å²) in [5, 5.41) is 15.6. The molecule has 0 saturated heterocycles. The average molecular weight is 531 g/mol. The highest BCUT2D eigenvalue weighted by atomic mass is 32.2. The van der Waals surface area contributed by atoms with E-state index in [1.54, 1.807) is 47.0 Å². The van der Waals surface area contributed by atoms with E-state index in [1.807, 2.05) is 60.7 Å². The maximum atomic E-state index is 13.3. The number of hydrogen-bond donors (Lipinski definition) is 2. The summed E-state index contributed by atoms with van der Waals surface area (Å²) >= 11 is 1.43. The highest BCUT2D eigenvalue weighted by molar-refractivity contribution is 8.00. The van der Waals surface area contributed by atoms with Crippen LogP contribution in [0.5, 0.6) is 0 Å². The topological polar surface area (TPSA) is 88.4 Å². The van der Waals surface area contributed by atoms with Crippen LogP contribution in [-0.4, -0.2) is 33.2 Å². The predicted octanol–water partition coefficient (Wildman–Crippen LogP) is 7.33. The summed E-state index contributed by atoms with van der Waals surface area (Å²) in [6.45, 7) is 0. The van der Waals surface area contributed by atoms with E-state index in [4.69, 9.17) is 0 Å². The second-order valence-corrected chi connectivity index (χ2v) is 10.1. The normalized spacial score (nSPS) is 11.2. The summed E-state index contributed by atoms with van der Waals surface area (Å²) in [6, 6.07) is 33.1. The lowest BCUT2D eigenvalue weighted by atomic mass is 9.98. The van der Waals surface area contributed by atoms with Crippen molar-refractivity contribution < 1.29 is 19.5 Å². The van der Waals surface area contributed by atoms with Crippen molar-refractivity contribution in [3.05, 3.63) is 120 Å². The van der Waals surface area contributed by atoms with E-state index in [9.17, 15) is 19.5 Å². The van der Waals surface area contributed by atoms with E-state index < -0.39 is 11.9 Å². The number of fused-ring (bicyclic) bond motifs is 4. The van der Waals surface area contributed by atoms with Crippen LogP contribution in [0, 0.1) is 0 Å². The molecule has 0 aliphatic heterocycles. The zero-order valence-electron chi connectivity index (χ0n) is 20.6. The first-order valence-corrected chi connectivity index (χ1v) is 13.3. The molecule has 6 nitrogen and oxygen atoms in total. The lowest BCUT2D eigenvalue weighted by Gasteiger charge is -2.11. The number of anilines is 1. The van der Waals surface area contributed by atoms with Crippen LogP contribution in [0.1, 0.15) is 25.5 Å². The highest BCUT2D eigenvalue weighted by Crippen LogP contribution is 2.30. The Morgan fingerprint density at radius 3 is 1.90 bits per heavy atom. The molecule has 0 saturated carbocycles. The van der Waals surface area contributed by atoms with Crippen LogP contribution in [0.3, 0.4) is 0 Å². The van der Waals surface area contributed by atoms with E-state index in [0.29, 0.717) is 22.0 Å². The van der Waals surface area contributed by atoms with Gasteiger partial charge >= 0.3 is 5.97 Å². The molecule has 0 atom stereocenters. The third kappa shape index (κ3) is 4.53. The number of carboxylic acids is 1. The smallest absolute Gasteiger partial charge is 0.336 e. The summed E-state index contributed by atoms with van der Waals surface area (Å²) in [6.07, 6.45) is 0. The van der Waals surface area contributed by atoms with E-state index >= 15 is 0 Å². The molecule has 190 valence electrons. The molecule has 0 spiro atoms. The molecule has 6 aromatic rings. The molecule has 39 heavy (non-hydrogen) atoms. The SMILES string of the molecule is O=C(O)c1cccc2cccc(C(=O)Nc3ccc(SCC(=O)n4c5ccccc5c5ccccc54)cc3)c12. The number of aromatic nitrogens is 1. The number of aromatic carboxylic acids is 1. The number of para-hydroxylation sites is 2. The van der Waals surface area contributed by atoms with Gasteiger partial charge in [0, 0.05) is 32.3 Å². The van der Waals surface area contributed by atoms with Crippen LogP contribution in [0.15, 0.2) is 114 Å². The van der Waals surface area contributed by atoms with Crippen molar-refractivity contribution in [3.8, 4) is 0 Å². The second kappa shape index (κ2) is 10.1. The zero-order chi connectivity index (χ0) is 26.9. The summed E-state index contributed by atoms with van der Waals surface area (Å²) in [7, 11) is 0. The van der Waals surface area contributed by atoms with E-state index in [-0.39, 0.29) is 17.2 Å². The fourth-order valence-corrected chi connectivity index (χ4v) is 5.69. The van der Waals surface area contributed by atoms with Crippen LogP contribution in [0.2, 0.25) is 0 Å². The Hall–Kier alpha value is -4.88. The zero-order valence-corrected chi connectivity index (χ0v) is 21.4. The van der Waals surface area contributed by atoms with Crippen molar-refractivity contribution in [3.63, 3.8) is 0 Å². The molecular formula is C32H22N2O4S. The Labute approximate surface area is 227 Å². The molecule has 1 amide bonds. The molecule has 6 rings (SSSR count). The molecule has 1 heterocycles. The van der Waals surface area contributed by atoms with Gasteiger partial charge in [-0.3, -0.25) is 14.2 Å². The van der Waals surface area contributed by atoms with Gasteiger partial charge in [-0.05, 0) is 53.9 Å². The lowest BCUT2D eigenvalue weighted by Crippen LogP contribution is -2.14. The predicted molar refractivity (Wildman–Crippen MR) is 156 cm³/mol. The van der Waals surface area contributed by atoms with Crippen LogP contribution in [0.4, 0.5) is 5.69 Å². The number of hydrogen-bond acceptors (Lipinski definition) is 4. The number of nitrogens with one attached hydrogen (secondary N) is 1. The van der Waals surface area contributed by atoms with Gasteiger partial charge in [-0.1, -0.05) is 60.7 Å². The van der Waals surface area contributed by atoms with Gasteiger partial charge in [0.2, 0.25) is 5.91 Å². The van der Waals surface area contributed by atoms with Gasteiger partial charge in [-0.15, -0.1) is 11.8 Å². The molecule has 2 N–H and O–H groups in total. The summed E-state index contributed by atoms with van der Waals surface area (Å²) < 4.78 is 1.78. The van der Waals surface area contributed by atoms with Crippen molar-refractivity contribution in [2.45, 2.75) is 4.90 Å². The molecule has 0 aliphatic rings. The third-order valence-corrected chi connectivity index (χ3v) is 7.68. The van der Waals surface area contributed by atoms with Crippen LogP contribution in [-0.2, 0) is 0 Å². The van der Waals surface area contributed by atoms with Crippen molar-refractivity contribution in [2.75, 3.05) is 11.1 Å². The Morgan fingerprint density at radius 1 is 0.692 bits per heavy atom. The molecular weight excluding hydrogens is 508 g/mol. The number of carbonyl (C=O) groups excluding carboxylic acids is 2. The van der Waals surface area contributed by atoms with Crippen LogP contribution in [0.25, 0.3) is 32.6 Å². The first-order chi connectivity index (χ1) is 19.0. The number of carboxylic acid groups (broad SMARTS) is 1. The van der Waals surface area contributed by atoms with Gasteiger partial charge in [0.1, 0.15) is 0 Å². The minimum atomic E-state index is -1.09. The van der Waals surface area contributed by atoms with Gasteiger partial charge < -0.3 is 10.4 Å². The largest absolute Gasteiger partial charge is 0.478 e. The minimum absolute atomic E-state index is 0.0139. The number of amides is 1. The van der Waals surface area contributed by atoms with Gasteiger partial charge in [0.05, 0.1) is 22.3 Å². The fraction of sp³-hybridized carbons (Fsp3) is 0.0312. The molecule has 1 aromatic heterocycles. The van der Waals surface area contributed by atoms with E-state index in [2.05, 4.69) is 5.32 Å². The number of rotatable bonds is 6. The maximum Gasteiger partial charge on any atom is 0.336 e. The second-order valence-electron chi connectivity index (χ2n) is 9.05. The summed E-state index contributed by atoms with van der Waals surface area (Å²) in [5.74, 6) is -1.24. The third-order valence-electron chi connectivity index (χ3n) is 6.68. The highest BCUT2D eigenvalue weighted by Gasteiger charge is 2.18. The van der Waals surface area contributed by atoms with Gasteiger partial charge in [-0.25, -0.2) is 4.79 Å². The van der Waals surface area contributed by atoms with Crippen molar-refractivity contribution in [1.29, 1.82) is 0 Å².